The number of phosphoric ester groups is 1. The second-order valence-corrected chi connectivity index (χ2v) is 7.18. The molecule has 0 amide bonds. The van der Waals surface area contributed by atoms with Gasteiger partial charge in [0.15, 0.2) is 0 Å². The minimum Gasteiger partial charge on any atom is -0.404 e. The Kier molecular flexibility index (Phi) is 3.77. The normalized spacial score (nSPS) is 11.4. The predicted octanol–water partition coefficient (Wildman–Crippen LogP) is 3.68. The molecule has 0 radical (unpaired) electrons. The number of phosphoric acid groups is 1. The predicted molar refractivity (Wildman–Crippen MR) is 71.1 cm³/mol. The fraction of sp³-hybridized carbons (Fsp3) is 0. The fourth-order valence-corrected chi connectivity index (χ4v) is 3.99. The topological polar surface area (TPSA) is 66.8 Å². The Morgan fingerprint density at radius 1 is 1.18 bits per heavy atom. The van der Waals surface area contributed by atoms with Gasteiger partial charge in [-0.3, -0.25) is 9.79 Å². The van der Waals surface area contributed by atoms with Gasteiger partial charge in [-0.25, -0.2) is 4.57 Å². The molecule has 0 atom stereocenters. The van der Waals surface area contributed by atoms with Gasteiger partial charge in [0, 0.05) is 4.88 Å². The Morgan fingerprint density at radius 2 is 1.82 bits per heavy atom. The van der Waals surface area contributed by atoms with Crippen LogP contribution in [0.3, 0.4) is 0 Å². The third-order valence-corrected chi connectivity index (χ3v) is 5.18. The van der Waals surface area contributed by atoms with Crippen molar-refractivity contribution in [3.8, 4) is 16.2 Å². The SMILES string of the molecule is O=P(O)(O)Oc1ccc(-c2cc(=S)ss2)cc1. The van der Waals surface area contributed by atoms with Crippen LogP contribution in [0.5, 0.6) is 5.75 Å². The van der Waals surface area contributed by atoms with Crippen LogP contribution in [-0.2, 0) is 4.57 Å². The zero-order valence-electron chi connectivity index (χ0n) is 8.27. The van der Waals surface area contributed by atoms with Crippen LogP contribution >= 0.6 is 40.7 Å². The average molecular weight is 306 g/mol. The van der Waals surface area contributed by atoms with E-state index in [1.807, 2.05) is 6.07 Å². The lowest BCUT2D eigenvalue weighted by atomic mass is 10.2. The molecular weight excluding hydrogens is 299 g/mol. The number of hydrogen-bond donors (Lipinski definition) is 2. The summed E-state index contributed by atoms with van der Waals surface area (Å²) >= 11 is 5.03. The van der Waals surface area contributed by atoms with Gasteiger partial charge < -0.3 is 4.52 Å². The maximum atomic E-state index is 10.6. The molecule has 2 rings (SSSR count). The van der Waals surface area contributed by atoms with Gasteiger partial charge in [0.05, 0.1) is 0 Å². The first kappa shape index (κ1) is 12.9. The van der Waals surface area contributed by atoms with E-state index in [1.165, 1.54) is 22.5 Å². The zero-order chi connectivity index (χ0) is 12.5. The molecule has 0 unspecified atom stereocenters. The highest BCUT2D eigenvalue weighted by Gasteiger charge is 2.15. The molecular formula is C9H7O4PS3. The highest BCUT2D eigenvalue weighted by atomic mass is 32.9. The van der Waals surface area contributed by atoms with E-state index in [9.17, 15) is 4.57 Å². The van der Waals surface area contributed by atoms with E-state index in [0.29, 0.717) is 0 Å². The zero-order valence-corrected chi connectivity index (χ0v) is 11.6. The van der Waals surface area contributed by atoms with Gasteiger partial charge in [-0.15, -0.1) is 0 Å². The first-order valence-corrected chi connectivity index (χ1v) is 8.49. The third kappa shape index (κ3) is 3.70. The summed E-state index contributed by atoms with van der Waals surface area (Å²) in [7, 11) is -1.40. The Hall–Kier alpha value is -0.560. The second kappa shape index (κ2) is 4.97. The number of hydrogen-bond acceptors (Lipinski definition) is 5. The molecule has 0 saturated carbocycles. The van der Waals surface area contributed by atoms with E-state index in [-0.39, 0.29) is 5.75 Å². The highest BCUT2D eigenvalue weighted by molar-refractivity contribution is 7.80. The van der Waals surface area contributed by atoms with Crippen molar-refractivity contribution >= 4 is 40.7 Å². The first-order chi connectivity index (χ1) is 7.94. The van der Waals surface area contributed by atoms with Crippen molar-refractivity contribution < 1.29 is 18.9 Å². The molecule has 0 aliphatic rings. The number of rotatable bonds is 3. The van der Waals surface area contributed by atoms with Crippen LogP contribution in [0.2, 0.25) is 0 Å². The Bertz CT molecular complexity index is 610. The largest absolute Gasteiger partial charge is 0.524 e. The molecule has 0 fully saturated rings. The summed E-state index contributed by atoms with van der Waals surface area (Å²) in [5.74, 6) is 0.140. The van der Waals surface area contributed by atoms with Crippen LogP contribution in [0, 0.1) is 3.82 Å². The summed E-state index contributed by atoms with van der Waals surface area (Å²) in [4.78, 5) is 18.3. The van der Waals surface area contributed by atoms with Crippen molar-refractivity contribution in [3.63, 3.8) is 0 Å². The highest BCUT2D eigenvalue weighted by Crippen LogP contribution is 2.38. The minimum atomic E-state index is -4.48. The Morgan fingerprint density at radius 3 is 2.29 bits per heavy atom. The Balaban J connectivity index is 2.24. The van der Waals surface area contributed by atoms with Crippen molar-refractivity contribution in [2.24, 2.45) is 0 Å². The van der Waals surface area contributed by atoms with Crippen molar-refractivity contribution in [1.82, 2.24) is 0 Å². The lowest BCUT2D eigenvalue weighted by molar-refractivity contribution is 0.283. The van der Waals surface area contributed by atoms with E-state index in [2.05, 4.69) is 4.52 Å². The van der Waals surface area contributed by atoms with E-state index in [4.69, 9.17) is 22.0 Å². The molecule has 4 nitrogen and oxygen atoms in total. The van der Waals surface area contributed by atoms with Crippen molar-refractivity contribution in [2.75, 3.05) is 0 Å². The van der Waals surface area contributed by atoms with Crippen LogP contribution < -0.4 is 4.52 Å². The molecule has 0 aliphatic carbocycles. The molecule has 0 aliphatic heterocycles. The van der Waals surface area contributed by atoms with Crippen LogP contribution in [0.4, 0.5) is 0 Å². The number of benzene rings is 1. The lowest BCUT2D eigenvalue weighted by Gasteiger charge is -2.06. The molecule has 2 aromatic rings. The summed E-state index contributed by atoms with van der Waals surface area (Å²) in [6.07, 6.45) is 0. The summed E-state index contributed by atoms with van der Waals surface area (Å²) < 4.78 is 15.9. The van der Waals surface area contributed by atoms with Gasteiger partial charge in [-0.1, -0.05) is 32.9 Å². The minimum absolute atomic E-state index is 0.140. The maximum absolute atomic E-state index is 10.6. The molecule has 90 valence electrons. The summed E-state index contributed by atoms with van der Waals surface area (Å²) in [5, 5.41) is 0. The standard InChI is InChI=1S/C9H7O4PS3/c10-14(11,12)13-7-3-1-6(2-4-7)8-5-9(15)17-16-8/h1-5H,(H2,10,11,12). The molecule has 17 heavy (non-hydrogen) atoms. The van der Waals surface area contributed by atoms with E-state index in [0.717, 1.165) is 14.3 Å². The monoisotopic (exact) mass is 306 g/mol. The Labute approximate surface area is 110 Å². The van der Waals surface area contributed by atoms with Gasteiger partial charge in [-0.2, -0.15) is 0 Å². The quantitative estimate of drug-likeness (QED) is 0.514. The molecule has 1 aromatic heterocycles. The van der Waals surface area contributed by atoms with Crippen LogP contribution in [0.1, 0.15) is 0 Å². The molecule has 1 aromatic carbocycles. The smallest absolute Gasteiger partial charge is 0.404 e. The van der Waals surface area contributed by atoms with Crippen LogP contribution in [0.25, 0.3) is 10.4 Å². The average Bonchev–Trinajstić information content (AvgIpc) is 2.63. The first-order valence-electron chi connectivity index (χ1n) is 4.40. The van der Waals surface area contributed by atoms with Gasteiger partial charge in [0.2, 0.25) is 0 Å². The third-order valence-electron chi connectivity index (χ3n) is 1.83. The second-order valence-electron chi connectivity index (χ2n) is 3.10. The van der Waals surface area contributed by atoms with Gasteiger partial charge in [-0.05, 0) is 35.9 Å². The van der Waals surface area contributed by atoms with Crippen molar-refractivity contribution in [1.29, 1.82) is 0 Å². The fourth-order valence-electron chi connectivity index (χ4n) is 1.19. The van der Waals surface area contributed by atoms with E-state index >= 15 is 0 Å². The van der Waals surface area contributed by atoms with Gasteiger partial charge >= 0.3 is 7.82 Å². The molecule has 0 spiro atoms. The molecule has 8 heteroatoms. The van der Waals surface area contributed by atoms with Crippen molar-refractivity contribution in [2.45, 2.75) is 0 Å². The van der Waals surface area contributed by atoms with Gasteiger partial charge in [0.25, 0.3) is 0 Å². The molecule has 1 heterocycles. The summed E-state index contributed by atoms with van der Waals surface area (Å²) in [6, 6.07) is 8.39. The van der Waals surface area contributed by atoms with Crippen molar-refractivity contribution in [3.05, 3.63) is 34.2 Å². The molecule has 0 bridgehead atoms. The van der Waals surface area contributed by atoms with E-state index in [1.54, 1.807) is 22.5 Å². The summed E-state index contributed by atoms with van der Waals surface area (Å²) in [6.45, 7) is 0. The lowest BCUT2D eigenvalue weighted by Crippen LogP contribution is -1.89. The van der Waals surface area contributed by atoms with Crippen LogP contribution in [-0.4, -0.2) is 9.79 Å². The molecule has 2 N–H and O–H groups in total. The van der Waals surface area contributed by atoms with E-state index < -0.39 is 7.82 Å². The van der Waals surface area contributed by atoms with Gasteiger partial charge in [0.1, 0.15) is 9.57 Å². The summed E-state index contributed by atoms with van der Waals surface area (Å²) in [5.41, 5.74) is 0.945. The van der Waals surface area contributed by atoms with Crippen LogP contribution in [0.15, 0.2) is 30.3 Å². The molecule has 0 saturated heterocycles. The maximum Gasteiger partial charge on any atom is 0.524 e.